The number of ether oxygens (including phenoxy) is 2. The second-order valence-electron chi connectivity index (χ2n) is 6.29. The maximum Gasteiger partial charge on any atom is 0.261 e. The number of hydrogen-bond donors (Lipinski definition) is 1. The van der Waals surface area contributed by atoms with Gasteiger partial charge in [-0.05, 0) is 38.8 Å². The Balaban J connectivity index is 2.11. The minimum atomic E-state index is -0.508. The molecule has 2 aliphatic heterocycles. The van der Waals surface area contributed by atoms with Gasteiger partial charge in [0.15, 0.2) is 11.6 Å². The lowest BCUT2D eigenvalue weighted by Crippen LogP contribution is -2.37. The molecule has 0 spiro atoms. The Morgan fingerprint density at radius 1 is 1.50 bits per heavy atom. The summed E-state index contributed by atoms with van der Waals surface area (Å²) in [6.07, 6.45) is 0.453. The molecule has 1 saturated heterocycles. The van der Waals surface area contributed by atoms with E-state index in [9.17, 15) is 9.18 Å². The van der Waals surface area contributed by atoms with Gasteiger partial charge < -0.3 is 20.1 Å². The van der Waals surface area contributed by atoms with Gasteiger partial charge in [-0.3, -0.25) is 4.79 Å². The number of rotatable bonds is 2. The Hall–Kier alpha value is -1.82. The van der Waals surface area contributed by atoms with E-state index in [-0.39, 0.29) is 35.4 Å². The predicted octanol–water partition coefficient (Wildman–Crippen LogP) is 1.86. The maximum absolute atomic E-state index is 14.5. The van der Waals surface area contributed by atoms with Crippen molar-refractivity contribution in [1.82, 2.24) is 4.90 Å². The zero-order chi connectivity index (χ0) is 16.0. The normalized spacial score (nSPS) is 23.9. The Kier molecular flexibility index (Phi) is 3.72. The number of hydrogen-bond acceptors (Lipinski definition) is 4. The first kappa shape index (κ1) is 15.1. The molecule has 0 bridgehead atoms. The SMILES string of the molecule is Cc1cc2c(c(OC(C)C)c1F)C(=O)N1C[C@@H](N)C[C@@H]1CO2. The lowest BCUT2D eigenvalue weighted by Gasteiger charge is -2.22. The summed E-state index contributed by atoms with van der Waals surface area (Å²) >= 11 is 0. The van der Waals surface area contributed by atoms with Gasteiger partial charge in [-0.2, -0.15) is 0 Å². The zero-order valence-corrected chi connectivity index (χ0v) is 13.1. The van der Waals surface area contributed by atoms with Crippen molar-refractivity contribution in [2.24, 2.45) is 5.73 Å². The quantitative estimate of drug-likeness (QED) is 0.905. The van der Waals surface area contributed by atoms with Crippen molar-refractivity contribution in [3.63, 3.8) is 0 Å². The van der Waals surface area contributed by atoms with Crippen LogP contribution in [0.5, 0.6) is 11.5 Å². The fourth-order valence-corrected chi connectivity index (χ4v) is 3.08. The zero-order valence-electron chi connectivity index (χ0n) is 13.1. The van der Waals surface area contributed by atoms with E-state index in [2.05, 4.69) is 0 Å². The molecule has 0 unspecified atom stereocenters. The van der Waals surface area contributed by atoms with Gasteiger partial charge in [0.05, 0.1) is 12.1 Å². The molecule has 120 valence electrons. The van der Waals surface area contributed by atoms with Crippen LogP contribution in [0.3, 0.4) is 0 Å². The number of nitrogens with two attached hydrogens (primary N) is 1. The summed E-state index contributed by atoms with van der Waals surface area (Å²) in [4.78, 5) is 14.6. The van der Waals surface area contributed by atoms with E-state index in [1.165, 1.54) is 0 Å². The van der Waals surface area contributed by atoms with E-state index in [4.69, 9.17) is 15.2 Å². The molecule has 1 amide bonds. The largest absolute Gasteiger partial charge is 0.490 e. The highest BCUT2D eigenvalue weighted by atomic mass is 19.1. The molecule has 0 aliphatic carbocycles. The summed E-state index contributed by atoms with van der Waals surface area (Å²) < 4.78 is 25.9. The molecule has 0 radical (unpaired) electrons. The summed E-state index contributed by atoms with van der Waals surface area (Å²) in [5, 5.41) is 0. The number of amides is 1. The van der Waals surface area contributed by atoms with Gasteiger partial charge in [-0.15, -0.1) is 0 Å². The van der Waals surface area contributed by atoms with Crippen molar-refractivity contribution in [3.05, 3.63) is 23.0 Å². The lowest BCUT2D eigenvalue weighted by atomic mass is 10.1. The third-order valence-electron chi connectivity index (χ3n) is 4.07. The minimum absolute atomic E-state index is 0.0175. The van der Waals surface area contributed by atoms with Gasteiger partial charge in [0.1, 0.15) is 17.9 Å². The van der Waals surface area contributed by atoms with E-state index in [0.717, 1.165) is 0 Å². The first-order valence-corrected chi connectivity index (χ1v) is 7.57. The molecule has 2 N–H and O–H groups in total. The van der Waals surface area contributed by atoms with Crippen LogP contribution in [-0.4, -0.2) is 42.1 Å². The van der Waals surface area contributed by atoms with Gasteiger partial charge in [0.25, 0.3) is 5.91 Å². The first-order chi connectivity index (χ1) is 10.4. The van der Waals surface area contributed by atoms with Crippen LogP contribution in [0.4, 0.5) is 4.39 Å². The van der Waals surface area contributed by atoms with Crippen LogP contribution in [0, 0.1) is 12.7 Å². The fourth-order valence-electron chi connectivity index (χ4n) is 3.08. The average Bonchev–Trinajstić information content (AvgIpc) is 2.76. The minimum Gasteiger partial charge on any atom is -0.490 e. The van der Waals surface area contributed by atoms with Crippen LogP contribution in [0.25, 0.3) is 0 Å². The van der Waals surface area contributed by atoms with Crippen molar-refractivity contribution in [3.8, 4) is 11.5 Å². The third kappa shape index (κ3) is 2.41. The molecule has 1 aromatic carbocycles. The topological polar surface area (TPSA) is 64.8 Å². The van der Waals surface area contributed by atoms with Crippen LogP contribution in [-0.2, 0) is 0 Å². The van der Waals surface area contributed by atoms with Crippen LogP contribution in [0.15, 0.2) is 6.07 Å². The monoisotopic (exact) mass is 308 g/mol. The van der Waals surface area contributed by atoms with Crippen molar-refractivity contribution in [2.75, 3.05) is 13.2 Å². The van der Waals surface area contributed by atoms with Crippen molar-refractivity contribution >= 4 is 5.91 Å². The highest BCUT2D eigenvalue weighted by Gasteiger charge is 2.40. The van der Waals surface area contributed by atoms with Crippen LogP contribution < -0.4 is 15.2 Å². The Bertz CT molecular complexity index is 618. The number of aryl methyl sites for hydroxylation is 1. The Labute approximate surface area is 129 Å². The molecule has 0 saturated carbocycles. The molecule has 1 aromatic rings. The molecule has 5 nitrogen and oxygen atoms in total. The average molecular weight is 308 g/mol. The van der Waals surface area contributed by atoms with Crippen molar-refractivity contribution in [1.29, 1.82) is 0 Å². The lowest BCUT2D eigenvalue weighted by molar-refractivity contribution is 0.0720. The molecule has 2 aliphatic rings. The Morgan fingerprint density at radius 3 is 2.91 bits per heavy atom. The van der Waals surface area contributed by atoms with Gasteiger partial charge in [0.2, 0.25) is 0 Å². The van der Waals surface area contributed by atoms with Gasteiger partial charge in [-0.25, -0.2) is 4.39 Å². The van der Waals surface area contributed by atoms with E-state index in [1.54, 1.807) is 31.7 Å². The number of nitrogens with zero attached hydrogens (tertiary/aromatic N) is 1. The fraction of sp³-hybridized carbons (Fsp3) is 0.562. The van der Waals surface area contributed by atoms with E-state index in [1.807, 2.05) is 0 Å². The van der Waals surface area contributed by atoms with E-state index in [0.29, 0.717) is 30.9 Å². The molecule has 2 heterocycles. The number of carbonyl (C=O) groups excluding carboxylic acids is 1. The second kappa shape index (κ2) is 5.43. The van der Waals surface area contributed by atoms with Crippen molar-refractivity contribution in [2.45, 2.75) is 45.4 Å². The van der Waals surface area contributed by atoms with Crippen LogP contribution in [0.1, 0.15) is 36.2 Å². The van der Waals surface area contributed by atoms with E-state index >= 15 is 0 Å². The maximum atomic E-state index is 14.5. The number of carbonyl (C=O) groups is 1. The van der Waals surface area contributed by atoms with E-state index < -0.39 is 5.82 Å². The first-order valence-electron chi connectivity index (χ1n) is 7.57. The molecule has 6 heteroatoms. The standard InChI is InChI=1S/C16H21FN2O3/c1-8(2)22-15-13-12(4-9(3)14(15)17)21-7-11-5-10(18)6-19(11)16(13)20/h4,8,10-11H,5-7,18H2,1-3H3/t10-,11+/m0/s1. The summed E-state index contributed by atoms with van der Waals surface area (Å²) in [5.74, 6) is -0.398. The van der Waals surface area contributed by atoms with Crippen molar-refractivity contribution < 1.29 is 18.7 Å². The summed E-state index contributed by atoms with van der Waals surface area (Å²) in [5.41, 5.74) is 6.52. The van der Waals surface area contributed by atoms with Crippen LogP contribution in [0.2, 0.25) is 0 Å². The molecule has 3 rings (SSSR count). The van der Waals surface area contributed by atoms with Crippen LogP contribution >= 0.6 is 0 Å². The smallest absolute Gasteiger partial charge is 0.261 e. The van der Waals surface area contributed by atoms with Gasteiger partial charge >= 0.3 is 0 Å². The summed E-state index contributed by atoms with van der Waals surface area (Å²) in [6, 6.07) is 1.44. The summed E-state index contributed by atoms with van der Waals surface area (Å²) in [6.45, 7) is 6.07. The highest BCUT2D eigenvalue weighted by Crippen LogP contribution is 2.39. The van der Waals surface area contributed by atoms with Gasteiger partial charge in [-0.1, -0.05) is 0 Å². The third-order valence-corrected chi connectivity index (χ3v) is 4.07. The molecule has 22 heavy (non-hydrogen) atoms. The summed E-state index contributed by atoms with van der Waals surface area (Å²) in [7, 11) is 0. The van der Waals surface area contributed by atoms with Gasteiger partial charge in [0, 0.05) is 12.6 Å². The second-order valence-corrected chi connectivity index (χ2v) is 6.29. The molecule has 0 aromatic heterocycles. The molecule has 1 fully saturated rings. The predicted molar refractivity (Wildman–Crippen MR) is 79.8 cm³/mol. The number of benzene rings is 1. The molecular weight excluding hydrogens is 287 g/mol. The molecule has 2 atom stereocenters. The number of halogens is 1. The molecular formula is C16H21FN2O3. The Morgan fingerprint density at radius 2 is 2.23 bits per heavy atom. The number of fused-ring (bicyclic) bond motifs is 2. The highest BCUT2D eigenvalue weighted by molar-refractivity contribution is 6.00.